The monoisotopic (exact) mass is 323 g/mol. The molecule has 112 valence electrons. The molecule has 0 heterocycles. The Morgan fingerprint density at radius 2 is 1.62 bits per heavy atom. The first kappa shape index (κ1) is 16.2. The molecule has 0 aliphatic carbocycles. The molecule has 0 bridgehead atoms. The van der Waals surface area contributed by atoms with E-state index < -0.39 is 0 Å². The summed E-state index contributed by atoms with van der Waals surface area (Å²) in [5, 5.41) is 1.30. The first-order chi connectivity index (χ1) is 10.2. The third kappa shape index (κ3) is 4.63. The van der Waals surface area contributed by atoms with Gasteiger partial charge in [0.15, 0.2) is 0 Å². The third-order valence-electron chi connectivity index (χ3n) is 3.32. The van der Waals surface area contributed by atoms with Crippen LogP contribution >= 0.6 is 23.2 Å². The van der Waals surface area contributed by atoms with E-state index in [1.807, 2.05) is 36.4 Å². The fourth-order valence-corrected chi connectivity index (χ4v) is 2.63. The number of nitrogens with zero attached hydrogens (tertiary/aromatic N) is 1. The number of ether oxygens (including phenoxy) is 1. The van der Waals surface area contributed by atoms with Gasteiger partial charge in [0.25, 0.3) is 0 Å². The normalized spacial score (nSPS) is 10.6. The van der Waals surface area contributed by atoms with Crippen molar-refractivity contribution in [3.05, 3.63) is 64.1 Å². The summed E-state index contributed by atoms with van der Waals surface area (Å²) in [4.78, 5) is 2.27. The van der Waals surface area contributed by atoms with Crippen molar-refractivity contribution in [3.63, 3.8) is 0 Å². The molecule has 0 saturated heterocycles. The summed E-state index contributed by atoms with van der Waals surface area (Å²) in [7, 11) is 0. The molecule has 0 radical (unpaired) electrons. The van der Waals surface area contributed by atoms with Crippen molar-refractivity contribution < 1.29 is 4.74 Å². The second-order valence-corrected chi connectivity index (χ2v) is 5.48. The van der Waals surface area contributed by atoms with E-state index >= 15 is 0 Å². The largest absolute Gasteiger partial charge is 0.375 e. The van der Waals surface area contributed by atoms with Crippen molar-refractivity contribution in [1.29, 1.82) is 0 Å². The molecule has 0 unspecified atom stereocenters. The molecule has 21 heavy (non-hydrogen) atoms. The van der Waals surface area contributed by atoms with Gasteiger partial charge >= 0.3 is 0 Å². The van der Waals surface area contributed by atoms with Gasteiger partial charge in [0.1, 0.15) is 0 Å². The highest BCUT2D eigenvalue weighted by Crippen LogP contribution is 2.24. The highest BCUT2D eigenvalue weighted by Gasteiger charge is 2.07. The standard InChI is InChI=1S/C17H19Cl2NO/c1-2-20(14-7-4-3-5-8-14)11-12-21-13-15-16(18)9-6-10-17(15)19/h3-10H,2,11-13H2,1H3. The first-order valence-electron chi connectivity index (χ1n) is 7.03. The minimum atomic E-state index is 0.435. The average molecular weight is 324 g/mol. The maximum Gasteiger partial charge on any atom is 0.0746 e. The van der Waals surface area contributed by atoms with Crippen molar-refractivity contribution in [2.45, 2.75) is 13.5 Å². The molecule has 0 amide bonds. The van der Waals surface area contributed by atoms with Gasteiger partial charge in [0, 0.05) is 34.4 Å². The molecule has 4 heteroatoms. The predicted octanol–water partition coefficient (Wildman–Crippen LogP) is 5.04. The van der Waals surface area contributed by atoms with Crippen LogP contribution in [0.4, 0.5) is 5.69 Å². The number of rotatable bonds is 7. The molecule has 2 aromatic rings. The topological polar surface area (TPSA) is 12.5 Å². The minimum Gasteiger partial charge on any atom is -0.375 e. The maximum atomic E-state index is 6.12. The lowest BCUT2D eigenvalue weighted by atomic mass is 10.2. The highest BCUT2D eigenvalue weighted by molar-refractivity contribution is 6.35. The van der Waals surface area contributed by atoms with Crippen LogP contribution in [0.1, 0.15) is 12.5 Å². The summed E-state index contributed by atoms with van der Waals surface area (Å²) in [5.74, 6) is 0. The lowest BCUT2D eigenvalue weighted by Crippen LogP contribution is -2.27. The zero-order chi connectivity index (χ0) is 15.1. The van der Waals surface area contributed by atoms with Crippen LogP contribution in [0.25, 0.3) is 0 Å². The Bertz CT molecular complexity index is 540. The number of halogens is 2. The summed E-state index contributed by atoms with van der Waals surface area (Å²) in [6.45, 7) is 4.98. The minimum absolute atomic E-state index is 0.435. The van der Waals surface area contributed by atoms with Gasteiger partial charge in [-0.05, 0) is 31.2 Å². The second kappa shape index (κ2) is 8.28. The summed E-state index contributed by atoms with van der Waals surface area (Å²) >= 11 is 12.2. The highest BCUT2D eigenvalue weighted by atomic mass is 35.5. The number of likely N-dealkylation sites (N-methyl/N-ethyl adjacent to an activating group) is 1. The molecule has 2 rings (SSSR count). The van der Waals surface area contributed by atoms with E-state index in [0.717, 1.165) is 18.7 Å². The van der Waals surface area contributed by atoms with Crippen LogP contribution in [0.2, 0.25) is 10.0 Å². The summed E-state index contributed by atoms with van der Waals surface area (Å²) in [5.41, 5.74) is 2.06. The maximum absolute atomic E-state index is 6.12. The number of anilines is 1. The molecule has 0 atom stereocenters. The van der Waals surface area contributed by atoms with Crippen LogP contribution in [0.3, 0.4) is 0 Å². The third-order valence-corrected chi connectivity index (χ3v) is 4.02. The Morgan fingerprint density at radius 1 is 0.952 bits per heavy atom. The molecule has 0 aliphatic heterocycles. The molecule has 2 aromatic carbocycles. The number of benzene rings is 2. The molecule has 0 N–H and O–H groups in total. The van der Waals surface area contributed by atoms with Crippen molar-refractivity contribution >= 4 is 28.9 Å². The lowest BCUT2D eigenvalue weighted by molar-refractivity contribution is 0.127. The van der Waals surface area contributed by atoms with Gasteiger partial charge in [0.05, 0.1) is 13.2 Å². The van der Waals surface area contributed by atoms with Gasteiger partial charge in [0.2, 0.25) is 0 Å². The first-order valence-corrected chi connectivity index (χ1v) is 7.78. The summed E-state index contributed by atoms with van der Waals surface area (Å²) < 4.78 is 5.72. The van der Waals surface area contributed by atoms with E-state index in [1.165, 1.54) is 5.69 Å². The van der Waals surface area contributed by atoms with Crippen LogP contribution in [0.15, 0.2) is 48.5 Å². The number of hydrogen-bond acceptors (Lipinski definition) is 2. The van der Waals surface area contributed by atoms with Gasteiger partial charge in [-0.2, -0.15) is 0 Å². The van der Waals surface area contributed by atoms with Crippen LogP contribution in [0, 0.1) is 0 Å². The van der Waals surface area contributed by atoms with Gasteiger partial charge < -0.3 is 9.64 Å². The van der Waals surface area contributed by atoms with Crippen LogP contribution in [0.5, 0.6) is 0 Å². The molecule has 0 aromatic heterocycles. The van der Waals surface area contributed by atoms with E-state index in [2.05, 4.69) is 24.0 Å². The Morgan fingerprint density at radius 3 is 2.24 bits per heavy atom. The van der Waals surface area contributed by atoms with Crippen molar-refractivity contribution in [2.24, 2.45) is 0 Å². The van der Waals surface area contributed by atoms with E-state index in [1.54, 1.807) is 0 Å². The average Bonchev–Trinajstić information content (AvgIpc) is 2.51. The fraction of sp³-hybridized carbons (Fsp3) is 0.294. The zero-order valence-corrected chi connectivity index (χ0v) is 13.6. The van der Waals surface area contributed by atoms with Gasteiger partial charge in [-0.25, -0.2) is 0 Å². The fourth-order valence-electron chi connectivity index (χ4n) is 2.13. The van der Waals surface area contributed by atoms with Crippen LogP contribution in [-0.4, -0.2) is 19.7 Å². The molecular formula is C17H19Cl2NO. The second-order valence-electron chi connectivity index (χ2n) is 4.67. The lowest BCUT2D eigenvalue weighted by Gasteiger charge is -2.23. The molecule has 0 saturated carbocycles. The van der Waals surface area contributed by atoms with Crippen molar-refractivity contribution in [3.8, 4) is 0 Å². The molecular weight excluding hydrogens is 305 g/mol. The van der Waals surface area contributed by atoms with Crippen molar-refractivity contribution in [1.82, 2.24) is 0 Å². The zero-order valence-electron chi connectivity index (χ0n) is 12.1. The smallest absolute Gasteiger partial charge is 0.0746 e. The quantitative estimate of drug-likeness (QED) is 0.662. The van der Waals surface area contributed by atoms with E-state index in [0.29, 0.717) is 23.3 Å². The molecule has 0 aliphatic rings. The Labute approximate surface area is 136 Å². The summed E-state index contributed by atoms with van der Waals surface area (Å²) in [6, 6.07) is 15.8. The van der Waals surface area contributed by atoms with E-state index in [4.69, 9.17) is 27.9 Å². The van der Waals surface area contributed by atoms with E-state index in [9.17, 15) is 0 Å². The van der Waals surface area contributed by atoms with Gasteiger partial charge in [-0.15, -0.1) is 0 Å². The predicted molar refractivity (Wildman–Crippen MR) is 90.4 cm³/mol. The molecule has 0 spiro atoms. The molecule has 2 nitrogen and oxygen atoms in total. The van der Waals surface area contributed by atoms with Crippen molar-refractivity contribution in [2.75, 3.05) is 24.6 Å². The Hall–Kier alpha value is -1.22. The van der Waals surface area contributed by atoms with Crippen LogP contribution < -0.4 is 4.90 Å². The Kier molecular flexibility index (Phi) is 6.37. The Balaban J connectivity index is 1.84. The van der Waals surface area contributed by atoms with Crippen LogP contribution in [-0.2, 0) is 11.3 Å². The number of para-hydroxylation sites is 1. The summed E-state index contributed by atoms with van der Waals surface area (Å²) in [6.07, 6.45) is 0. The molecule has 0 fully saturated rings. The van der Waals surface area contributed by atoms with E-state index in [-0.39, 0.29) is 0 Å². The SMILES string of the molecule is CCN(CCOCc1c(Cl)cccc1Cl)c1ccccc1. The number of hydrogen-bond donors (Lipinski definition) is 0. The van der Waals surface area contributed by atoms with Gasteiger partial charge in [-0.1, -0.05) is 47.5 Å². The van der Waals surface area contributed by atoms with Gasteiger partial charge in [-0.3, -0.25) is 0 Å².